The van der Waals surface area contributed by atoms with Crippen molar-refractivity contribution in [3.05, 3.63) is 75.8 Å². The number of aromatic nitrogens is 1. The van der Waals surface area contributed by atoms with Crippen LogP contribution in [0.3, 0.4) is 0 Å². The molecule has 0 amide bonds. The van der Waals surface area contributed by atoms with Crippen molar-refractivity contribution in [1.82, 2.24) is 9.29 Å². The van der Waals surface area contributed by atoms with Crippen molar-refractivity contribution in [3.63, 3.8) is 0 Å². The highest BCUT2D eigenvalue weighted by atomic mass is 35.5. The van der Waals surface area contributed by atoms with Gasteiger partial charge in [-0.3, -0.25) is 0 Å². The van der Waals surface area contributed by atoms with Gasteiger partial charge in [-0.15, -0.1) is 11.3 Å². The second-order valence-corrected chi connectivity index (χ2v) is 10.5. The monoisotopic (exact) mass is 461 g/mol. The van der Waals surface area contributed by atoms with Gasteiger partial charge in [-0.2, -0.15) is 4.31 Å². The molecule has 1 aliphatic heterocycles. The molecule has 1 aliphatic rings. The Morgan fingerprint density at radius 3 is 2.40 bits per heavy atom. The number of nitrogens with zero attached hydrogens (tertiary/aromatic N) is 3. The lowest BCUT2D eigenvalue weighted by Gasteiger charge is -2.33. The summed E-state index contributed by atoms with van der Waals surface area (Å²) < 4.78 is 27.3. The molecule has 2 heterocycles. The van der Waals surface area contributed by atoms with Gasteiger partial charge in [0.05, 0.1) is 10.6 Å². The molecular weight excluding hydrogens is 438 g/mol. The van der Waals surface area contributed by atoms with Gasteiger partial charge >= 0.3 is 0 Å². The van der Waals surface area contributed by atoms with E-state index in [1.165, 1.54) is 21.5 Å². The maximum atomic E-state index is 12.9. The number of halogens is 1. The number of aryl methyl sites for hydroxylation is 1. The SMILES string of the molecule is CCc1ccc(Cc2csc(N3CCN(S(=O)(=O)c4cccc(Cl)c4)CC3)n2)cc1. The zero-order valence-corrected chi connectivity index (χ0v) is 19.2. The number of thiazole rings is 1. The van der Waals surface area contributed by atoms with E-state index in [9.17, 15) is 8.42 Å². The molecule has 2 aromatic carbocycles. The summed E-state index contributed by atoms with van der Waals surface area (Å²) in [5.41, 5.74) is 3.64. The first-order valence-electron chi connectivity index (χ1n) is 9.98. The van der Waals surface area contributed by atoms with Gasteiger partial charge < -0.3 is 4.90 Å². The lowest BCUT2D eigenvalue weighted by molar-refractivity contribution is 0.384. The van der Waals surface area contributed by atoms with Crippen LogP contribution < -0.4 is 4.90 Å². The minimum Gasteiger partial charge on any atom is -0.345 e. The zero-order valence-electron chi connectivity index (χ0n) is 16.8. The average Bonchev–Trinajstić information content (AvgIpc) is 3.23. The molecular formula is C22H24ClN3O2S2. The van der Waals surface area contributed by atoms with Crippen molar-refractivity contribution < 1.29 is 8.42 Å². The average molecular weight is 462 g/mol. The van der Waals surface area contributed by atoms with Crippen LogP contribution >= 0.6 is 22.9 Å². The van der Waals surface area contributed by atoms with Crippen molar-refractivity contribution in [1.29, 1.82) is 0 Å². The van der Waals surface area contributed by atoms with Gasteiger partial charge in [0.15, 0.2) is 5.13 Å². The summed E-state index contributed by atoms with van der Waals surface area (Å²) in [6, 6.07) is 15.1. The Balaban J connectivity index is 1.38. The summed E-state index contributed by atoms with van der Waals surface area (Å²) in [5.74, 6) is 0. The minimum absolute atomic E-state index is 0.245. The maximum absolute atomic E-state index is 12.9. The number of benzene rings is 2. The Labute approximate surface area is 187 Å². The van der Waals surface area contributed by atoms with E-state index >= 15 is 0 Å². The van der Waals surface area contributed by atoms with Gasteiger partial charge in [-0.05, 0) is 35.7 Å². The fourth-order valence-electron chi connectivity index (χ4n) is 3.52. The summed E-state index contributed by atoms with van der Waals surface area (Å²) in [7, 11) is -3.53. The molecule has 0 bridgehead atoms. The molecule has 3 aromatic rings. The second-order valence-electron chi connectivity index (χ2n) is 7.32. The number of rotatable bonds is 6. The molecule has 0 atom stereocenters. The van der Waals surface area contributed by atoms with E-state index in [4.69, 9.17) is 16.6 Å². The van der Waals surface area contributed by atoms with E-state index in [2.05, 4.69) is 41.5 Å². The van der Waals surface area contributed by atoms with E-state index in [1.807, 2.05) is 0 Å². The lowest BCUT2D eigenvalue weighted by atomic mass is 10.1. The molecule has 0 unspecified atom stereocenters. The van der Waals surface area contributed by atoms with Gasteiger partial charge in [0.2, 0.25) is 10.0 Å². The third-order valence-electron chi connectivity index (χ3n) is 5.30. The number of piperazine rings is 1. The number of hydrogen-bond donors (Lipinski definition) is 0. The second kappa shape index (κ2) is 9.06. The number of anilines is 1. The van der Waals surface area contributed by atoms with Crippen LogP contribution in [0.4, 0.5) is 5.13 Å². The Kier molecular flexibility index (Phi) is 6.43. The quantitative estimate of drug-likeness (QED) is 0.543. The van der Waals surface area contributed by atoms with Crippen LogP contribution in [0.2, 0.25) is 5.02 Å². The zero-order chi connectivity index (χ0) is 21.1. The first-order valence-corrected chi connectivity index (χ1v) is 12.7. The van der Waals surface area contributed by atoms with Gasteiger partial charge in [-0.25, -0.2) is 13.4 Å². The molecule has 1 aromatic heterocycles. The Morgan fingerprint density at radius 1 is 1.03 bits per heavy atom. The summed E-state index contributed by atoms with van der Waals surface area (Å²) in [6.07, 6.45) is 1.85. The van der Waals surface area contributed by atoms with Crippen LogP contribution in [0.5, 0.6) is 0 Å². The Morgan fingerprint density at radius 2 is 1.73 bits per heavy atom. The number of sulfonamides is 1. The van der Waals surface area contributed by atoms with E-state index in [1.54, 1.807) is 29.5 Å². The predicted octanol–water partition coefficient (Wildman–Crippen LogP) is 4.46. The normalized spacial score (nSPS) is 15.5. The summed E-state index contributed by atoms with van der Waals surface area (Å²) in [5, 5.41) is 3.47. The van der Waals surface area contributed by atoms with Crippen molar-refractivity contribution >= 4 is 38.1 Å². The van der Waals surface area contributed by atoms with Crippen LogP contribution in [0.1, 0.15) is 23.7 Å². The third-order valence-corrected chi connectivity index (χ3v) is 8.38. The first-order chi connectivity index (χ1) is 14.5. The topological polar surface area (TPSA) is 53.5 Å². The number of hydrogen-bond acceptors (Lipinski definition) is 5. The molecule has 8 heteroatoms. The molecule has 158 valence electrons. The maximum Gasteiger partial charge on any atom is 0.243 e. The molecule has 0 N–H and O–H groups in total. The van der Waals surface area contributed by atoms with Crippen LogP contribution in [0.25, 0.3) is 0 Å². The van der Waals surface area contributed by atoms with E-state index < -0.39 is 10.0 Å². The minimum atomic E-state index is -3.53. The highest BCUT2D eigenvalue weighted by molar-refractivity contribution is 7.89. The highest BCUT2D eigenvalue weighted by Gasteiger charge is 2.29. The van der Waals surface area contributed by atoms with Crippen molar-refractivity contribution in [2.45, 2.75) is 24.7 Å². The predicted molar refractivity (Wildman–Crippen MR) is 123 cm³/mol. The van der Waals surface area contributed by atoms with Gasteiger partial charge in [0, 0.05) is 43.0 Å². The standard InChI is InChI=1S/C22H24ClN3O2S2/c1-2-17-6-8-18(9-7-17)14-20-16-29-22(24-20)25-10-12-26(13-11-25)30(27,28)21-5-3-4-19(23)15-21/h3-9,15-16H,2,10-14H2,1H3. The van der Waals surface area contributed by atoms with Crippen LogP contribution in [-0.4, -0.2) is 43.9 Å². The van der Waals surface area contributed by atoms with Gasteiger partial charge in [-0.1, -0.05) is 48.9 Å². The van der Waals surface area contributed by atoms with E-state index in [0.29, 0.717) is 31.2 Å². The van der Waals surface area contributed by atoms with Gasteiger partial charge in [0.25, 0.3) is 0 Å². The van der Waals surface area contributed by atoms with Crippen molar-refractivity contribution in [2.24, 2.45) is 0 Å². The molecule has 4 rings (SSSR count). The molecule has 0 aliphatic carbocycles. The summed E-state index contributed by atoms with van der Waals surface area (Å²) >= 11 is 7.59. The van der Waals surface area contributed by atoms with Crippen LogP contribution in [0.15, 0.2) is 58.8 Å². The van der Waals surface area contributed by atoms with Crippen LogP contribution in [0, 0.1) is 0 Å². The fourth-order valence-corrected chi connectivity index (χ4v) is 6.12. The highest BCUT2D eigenvalue weighted by Crippen LogP contribution is 2.26. The molecule has 0 saturated carbocycles. The summed E-state index contributed by atoms with van der Waals surface area (Å²) in [6.45, 7) is 4.27. The fraction of sp³-hybridized carbons (Fsp3) is 0.318. The van der Waals surface area contributed by atoms with Crippen LogP contribution in [-0.2, 0) is 22.9 Å². The summed E-state index contributed by atoms with van der Waals surface area (Å²) in [4.78, 5) is 7.20. The Hall–Kier alpha value is -1.93. The Bertz CT molecular complexity index is 1110. The smallest absolute Gasteiger partial charge is 0.243 e. The van der Waals surface area contributed by atoms with Crippen molar-refractivity contribution in [2.75, 3.05) is 31.1 Å². The largest absolute Gasteiger partial charge is 0.345 e. The third kappa shape index (κ3) is 4.70. The van der Waals surface area contributed by atoms with Crippen molar-refractivity contribution in [3.8, 4) is 0 Å². The molecule has 5 nitrogen and oxygen atoms in total. The lowest BCUT2D eigenvalue weighted by Crippen LogP contribution is -2.48. The molecule has 0 spiro atoms. The molecule has 0 radical (unpaired) electrons. The van der Waals surface area contributed by atoms with Gasteiger partial charge in [0.1, 0.15) is 0 Å². The van der Waals surface area contributed by atoms with E-state index in [0.717, 1.165) is 23.7 Å². The van der Waals surface area contributed by atoms with E-state index in [-0.39, 0.29) is 4.90 Å². The molecule has 30 heavy (non-hydrogen) atoms. The molecule has 1 saturated heterocycles. The first kappa shape index (κ1) is 21.3. The molecule has 1 fully saturated rings.